The van der Waals surface area contributed by atoms with E-state index in [0.717, 1.165) is 40.8 Å². The van der Waals surface area contributed by atoms with Gasteiger partial charge in [-0.1, -0.05) is 0 Å². The van der Waals surface area contributed by atoms with E-state index in [9.17, 15) is 13.2 Å². The molecule has 0 bridgehead atoms. The van der Waals surface area contributed by atoms with Gasteiger partial charge < -0.3 is 5.73 Å². The van der Waals surface area contributed by atoms with Crippen molar-refractivity contribution in [3.05, 3.63) is 0 Å². The van der Waals surface area contributed by atoms with Gasteiger partial charge in [-0.3, -0.25) is 4.55 Å². The second kappa shape index (κ2) is 16.9. The molecule has 0 heterocycles. The molecule has 0 aromatic carbocycles. The fourth-order valence-corrected chi connectivity index (χ4v) is 2.48. The van der Waals surface area contributed by atoms with Crippen molar-refractivity contribution in [2.45, 2.75) is 71.1 Å². The number of hydrogen-bond donors (Lipinski definition) is 2. The minimum absolute atomic E-state index is 0.0289. The Bertz CT molecular complexity index is 334. The average Bonchev–Trinajstić information content (AvgIpc) is 2.36. The zero-order valence-corrected chi connectivity index (χ0v) is 16.5. The first kappa shape index (κ1) is 23.8. The van der Waals surface area contributed by atoms with Crippen LogP contribution in [0.5, 0.6) is 0 Å². The number of nitrogens with two attached hydrogens (primary N) is 1. The Hall–Kier alpha value is 0.540. The Morgan fingerprint density at radius 3 is 1.71 bits per heavy atom. The molecular formula is C14H30NNaO4S. The quantitative estimate of drug-likeness (QED) is 0.325. The summed E-state index contributed by atoms with van der Waals surface area (Å²) in [6.07, 6.45) is 12.9. The van der Waals surface area contributed by atoms with Crippen molar-refractivity contribution < 1.29 is 17.8 Å². The average molecular weight is 331 g/mol. The number of carbonyl (C=O) groups is 1. The molecule has 0 spiro atoms. The van der Waals surface area contributed by atoms with Crippen LogP contribution in [0.4, 0.5) is 0 Å². The van der Waals surface area contributed by atoms with Crippen molar-refractivity contribution in [3.8, 4) is 0 Å². The predicted octanol–water partition coefficient (Wildman–Crippen LogP) is 2.44. The second-order valence-corrected chi connectivity index (χ2v) is 8.04. The molecule has 0 saturated heterocycles. The van der Waals surface area contributed by atoms with E-state index in [-0.39, 0.29) is 12.3 Å². The Morgan fingerprint density at radius 2 is 1.43 bits per heavy atom. The summed E-state index contributed by atoms with van der Waals surface area (Å²) in [5.74, 6) is -0.354. The summed E-state index contributed by atoms with van der Waals surface area (Å²) >= 11 is 0.751. The van der Waals surface area contributed by atoms with Crippen molar-refractivity contribution in [1.29, 1.82) is 0 Å². The van der Waals surface area contributed by atoms with Crippen LogP contribution in [-0.4, -0.2) is 56.2 Å². The van der Waals surface area contributed by atoms with Crippen molar-refractivity contribution >= 4 is 41.1 Å². The minimum Gasteiger partial charge on any atom is -0.329 e. The normalized spacial score (nSPS) is 10.9. The van der Waals surface area contributed by atoms with Crippen LogP contribution in [0.3, 0.4) is 0 Å². The third kappa shape index (κ3) is 29.2. The molecule has 0 amide bonds. The van der Waals surface area contributed by atoms with Crippen molar-refractivity contribution in [1.82, 2.24) is 0 Å². The summed E-state index contributed by atoms with van der Waals surface area (Å²) in [5, 5.41) is 0. The smallest absolute Gasteiger partial charge is 0.266 e. The zero-order valence-electron chi connectivity index (χ0n) is 13.6. The molecule has 0 fully saturated rings. The molecule has 0 saturated carbocycles. The number of carbonyl (C=O) groups excluding carboxylic acids is 1. The molecule has 7 heteroatoms. The summed E-state index contributed by atoms with van der Waals surface area (Å²) in [6.45, 7) is 2.23. The van der Waals surface area contributed by atoms with Gasteiger partial charge in [-0.15, -0.1) is 0 Å². The van der Waals surface area contributed by atoms with E-state index in [4.69, 9.17) is 10.3 Å². The first-order valence-electron chi connectivity index (χ1n) is 7.98. The van der Waals surface area contributed by atoms with Gasteiger partial charge in [0.05, 0.1) is 5.75 Å². The minimum atomic E-state index is -3.80. The van der Waals surface area contributed by atoms with E-state index in [1.807, 2.05) is 0 Å². The summed E-state index contributed by atoms with van der Waals surface area (Å²) in [7, 11) is -3.80. The van der Waals surface area contributed by atoms with Gasteiger partial charge >= 0.3 is 107 Å². The third-order valence-electron chi connectivity index (χ3n) is 3.01. The molecule has 0 aliphatic rings. The van der Waals surface area contributed by atoms with Gasteiger partial charge in [0, 0.05) is 6.54 Å². The Labute approximate surface area is 147 Å². The molecule has 0 aromatic heterocycles. The van der Waals surface area contributed by atoms with Crippen LogP contribution >= 0.6 is 0 Å². The topological polar surface area (TPSA) is 97.5 Å². The SMILES string of the molecule is CCCCCCCCCCC[C](=O)[Na].NCCS(=O)(=O)O. The molecule has 122 valence electrons. The summed E-state index contributed by atoms with van der Waals surface area (Å²) in [4.78, 5) is 10.7. The van der Waals surface area contributed by atoms with Crippen LogP contribution in [0, 0.1) is 0 Å². The Balaban J connectivity index is 0. The van der Waals surface area contributed by atoms with Crippen molar-refractivity contribution in [3.63, 3.8) is 0 Å². The van der Waals surface area contributed by atoms with Gasteiger partial charge in [-0.05, 0) is 0 Å². The molecule has 0 aromatic rings. The Morgan fingerprint density at radius 1 is 1.00 bits per heavy atom. The van der Waals surface area contributed by atoms with Gasteiger partial charge in [0.1, 0.15) is 0 Å². The fraction of sp³-hybridized carbons (Fsp3) is 0.929. The van der Waals surface area contributed by atoms with E-state index in [2.05, 4.69) is 6.92 Å². The van der Waals surface area contributed by atoms with E-state index in [0.29, 0.717) is 3.03 Å². The molecule has 0 aliphatic heterocycles. The summed E-state index contributed by atoms with van der Waals surface area (Å²) < 4.78 is 27.8. The molecule has 0 atom stereocenters. The number of unbranched alkanes of at least 4 members (excludes halogenated alkanes) is 8. The first-order valence-corrected chi connectivity index (χ1v) is 10.6. The van der Waals surface area contributed by atoms with Crippen LogP contribution in [0.2, 0.25) is 0 Å². The molecule has 0 unspecified atom stereocenters. The Kier molecular flexibility index (Phi) is 19.2. The standard InChI is InChI=1S/C12H23O.C2H7NO3S.Na/c1-2-3-4-5-6-7-8-9-10-11-12-13;3-1-2-7(4,5)6;/h2-11H2,1H3;1-3H2,(H,4,5,6);. The van der Waals surface area contributed by atoms with Gasteiger partial charge in [0.25, 0.3) is 10.1 Å². The van der Waals surface area contributed by atoms with Crippen molar-refractivity contribution in [2.24, 2.45) is 5.73 Å². The van der Waals surface area contributed by atoms with Crippen LogP contribution in [0.15, 0.2) is 0 Å². The predicted molar refractivity (Wildman–Crippen MR) is 88.1 cm³/mol. The van der Waals surface area contributed by atoms with Gasteiger partial charge in [0.2, 0.25) is 0 Å². The first-order chi connectivity index (χ1) is 9.83. The summed E-state index contributed by atoms with van der Waals surface area (Å²) in [6, 6.07) is 0. The van der Waals surface area contributed by atoms with Crippen molar-refractivity contribution in [2.75, 3.05) is 12.3 Å². The number of hydrogen-bond acceptors (Lipinski definition) is 4. The zero-order chi connectivity index (χ0) is 16.6. The van der Waals surface area contributed by atoms with E-state index < -0.39 is 10.1 Å². The monoisotopic (exact) mass is 331 g/mol. The maximum Gasteiger partial charge on any atom is 0.266 e. The van der Waals surface area contributed by atoms with Crippen LogP contribution in [0.1, 0.15) is 71.1 Å². The van der Waals surface area contributed by atoms with Crippen LogP contribution in [0.25, 0.3) is 0 Å². The van der Waals surface area contributed by atoms with E-state index >= 15 is 0 Å². The maximum absolute atomic E-state index is 10.7. The van der Waals surface area contributed by atoms with E-state index in [1.54, 1.807) is 0 Å². The molecule has 3 N–H and O–H groups in total. The molecule has 0 rings (SSSR count). The molecule has 0 radical (unpaired) electrons. The van der Waals surface area contributed by atoms with Crippen LogP contribution < -0.4 is 5.73 Å². The van der Waals surface area contributed by atoms with Gasteiger partial charge in [-0.25, -0.2) is 0 Å². The molecule has 0 aliphatic carbocycles. The second-order valence-electron chi connectivity index (χ2n) is 5.36. The molecular weight excluding hydrogens is 301 g/mol. The van der Waals surface area contributed by atoms with Gasteiger partial charge in [0.15, 0.2) is 0 Å². The number of rotatable bonds is 12. The van der Waals surface area contributed by atoms with Gasteiger partial charge in [-0.2, -0.15) is 8.42 Å². The maximum atomic E-state index is 10.7. The van der Waals surface area contributed by atoms with E-state index in [1.165, 1.54) is 51.4 Å². The van der Waals surface area contributed by atoms with Crippen LogP contribution in [-0.2, 0) is 14.9 Å². The molecule has 5 nitrogen and oxygen atoms in total. The third-order valence-corrected chi connectivity index (χ3v) is 4.26. The summed E-state index contributed by atoms with van der Waals surface area (Å²) in [5.41, 5.74) is 4.78. The molecule has 21 heavy (non-hydrogen) atoms. The largest absolute Gasteiger partial charge is 0.329 e. The fourth-order valence-electron chi connectivity index (χ4n) is 1.83.